The van der Waals surface area contributed by atoms with E-state index >= 15 is 0 Å². The molecule has 26 heavy (non-hydrogen) atoms. The summed E-state index contributed by atoms with van der Waals surface area (Å²) >= 11 is 0. The van der Waals surface area contributed by atoms with Crippen LogP contribution in [0.2, 0.25) is 0 Å². The summed E-state index contributed by atoms with van der Waals surface area (Å²) < 4.78 is 5.02. The fourth-order valence-corrected chi connectivity index (χ4v) is 3.19. The maximum absolute atomic E-state index is 12.4. The van der Waals surface area contributed by atoms with Gasteiger partial charge in [-0.15, -0.1) is 0 Å². The molecule has 7 nitrogen and oxygen atoms in total. The number of hydrogen-bond acceptors (Lipinski definition) is 3. The zero-order chi connectivity index (χ0) is 18.3. The molecule has 0 saturated heterocycles. The second kappa shape index (κ2) is 6.18. The van der Waals surface area contributed by atoms with Crippen molar-refractivity contribution >= 4 is 22.6 Å². The predicted octanol–water partition coefficient (Wildman–Crippen LogP) is 1.61. The third-order valence-corrected chi connectivity index (χ3v) is 4.57. The van der Waals surface area contributed by atoms with E-state index in [4.69, 9.17) is 0 Å². The maximum atomic E-state index is 12.4. The van der Waals surface area contributed by atoms with E-state index in [1.165, 1.54) is 4.57 Å². The van der Waals surface area contributed by atoms with Gasteiger partial charge in [0.25, 0.3) is 0 Å². The first kappa shape index (κ1) is 16.1. The van der Waals surface area contributed by atoms with Crippen LogP contribution in [0.15, 0.2) is 53.5 Å². The Morgan fingerprint density at radius 3 is 2.65 bits per heavy atom. The molecule has 3 heterocycles. The van der Waals surface area contributed by atoms with Gasteiger partial charge in [-0.25, -0.2) is 9.78 Å². The Labute approximate surface area is 149 Å². The molecule has 0 aliphatic carbocycles. The quantitative estimate of drug-likeness (QED) is 0.608. The number of imidazole rings is 2. The molecule has 1 aromatic carbocycles. The standard InChI is InChI=1S/C19H19N5O2/c1-13-6-5-9-17-21-14(11-23(13)17)10-20-18(25)12-24-16-8-4-3-7-15(16)22(2)19(24)26/h3-9,11H,10,12H2,1-2H3,(H,20,25). The van der Waals surface area contributed by atoms with E-state index in [1.54, 1.807) is 11.6 Å². The molecule has 0 saturated carbocycles. The molecule has 132 valence electrons. The maximum Gasteiger partial charge on any atom is 0.329 e. The van der Waals surface area contributed by atoms with Crippen LogP contribution in [0, 0.1) is 6.92 Å². The minimum atomic E-state index is -0.225. The average Bonchev–Trinajstić information content (AvgIpc) is 3.16. The van der Waals surface area contributed by atoms with Gasteiger partial charge >= 0.3 is 5.69 Å². The van der Waals surface area contributed by atoms with E-state index in [9.17, 15) is 9.59 Å². The number of benzene rings is 1. The van der Waals surface area contributed by atoms with Gasteiger partial charge in [-0.1, -0.05) is 18.2 Å². The van der Waals surface area contributed by atoms with Crippen LogP contribution in [0.1, 0.15) is 11.4 Å². The Bertz CT molecular complexity index is 1180. The van der Waals surface area contributed by atoms with Crippen LogP contribution in [0.3, 0.4) is 0 Å². The molecule has 0 aliphatic heterocycles. The summed E-state index contributed by atoms with van der Waals surface area (Å²) in [7, 11) is 1.71. The van der Waals surface area contributed by atoms with E-state index in [1.807, 2.05) is 60.0 Å². The largest absolute Gasteiger partial charge is 0.349 e. The third kappa shape index (κ3) is 2.67. The summed E-state index contributed by atoms with van der Waals surface area (Å²) in [5.74, 6) is -0.225. The highest BCUT2D eigenvalue weighted by molar-refractivity contribution is 5.80. The summed E-state index contributed by atoms with van der Waals surface area (Å²) in [5.41, 5.74) is 4.05. The monoisotopic (exact) mass is 349 g/mol. The number of aromatic nitrogens is 4. The van der Waals surface area contributed by atoms with Crippen molar-refractivity contribution < 1.29 is 4.79 Å². The molecule has 0 aliphatic rings. The lowest BCUT2D eigenvalue weighted by atomic mass is 10.3. The van der Waals surface area contributed by atoms with E-state index in [0.717, 1.165) is 28.1 Å². The molecule has 4 rings (SSSR count). The molecule has 0 fully saturated rings. The molecular formula is C19H19N5O2. The molecule has 1 amide bonds. The van der Waals surface area contributed by atoms with Gasteiger partial charge < -0.3 is 9.72 Å². The highest BCUT2D eigenvalue weighted by Gasteiger charge is 2.13. The molecule has 0 spiro atoms. The van der Waals surface area contributed by atoms with Crippen molar-refractivity contribution in [3.05, 3.63) is 70.5 Å². The van der Waals surface area contributed by atoms with Crippen LogP contribution in [-0.2, 0) is 24.9 Å². The van der Waals surface area contributed by atoms with E-state index in [-0.39, 0.29) is 18.1 Å². The first-order chi connectivity index (χ1) is 12.5. The van der Waals surface area contributed by atoms with Gasteiger partial charge in [0.15, 0.2) is 0 Å². The van der Waals surface area contributed by atoms with Gasteiger partial charge in [0, 0.05) is 18.9 Å². The van der Waals surface area contributed by atoms with Gasteiger partial charge in [0.05, 0.1) is 23.3 Å². The molecule has 7 heteroatoms. The molecule has 4 aromatic rings. The lowest BCUT2D eigenvalue weighted by Crippen LogP contribution is -2.32. The van der Waals surface area contributed by atoms with Crippen molar-refractivity contribution in [2.24, 2.45) is 7.05 Å². The van der Waals surface area contributed by atoms with Crippen molar-refractivity contribution in [3.63, 3.8) is 0 Å². The van der Waals surface area contributed by atoms with Gasteiger partial charge in [-0.05, 0) is 31.2 Å². The number of carbonyl (C=O) groups excluding carboxylic acids is 1. The van der Waals surface area contributed by atoms with Crippen LogP contribution in [0.4, 0.5) is 0 Å². The number of para-hydroxylation sites is 2. The Morgan fingerprint density at radius 1 is 1.12 bits per heavy atom. The molecule has 3 aromatic heterocycles. The fraction of sp³-hybridized carbons (Fsp3) is 0.211. The van der Waals surface area contributed by atoms with Crippen LogP contribution in [0.25, 0.3) is 16.7 Å². The van der Waals surface area contributed by atoms with Crippen LogP contribution < -0.4 is 11.0 Å². The number of hydrogen-bond donors (Lipinski definition) is 1. The zero-order valence-electron chi connectivity index (χ0n) is 14.6. The minimum Gasteiger partial charge on any atom is -0.349 e. The third-order valence-electron chi connectivity index (χ3n) is 4.57. The Morgan fingerprint density at radius 2 is 1.88 bits per heavy atom. The van der Waals surface area contributed by atoms with Crippen molar-refractivity contribution in [1.82, 2.24) is 23.8 Å². The van der Waals surface area contributed by atoms with Crippen molar-refractivity contribution in [2.75, 3.05) is 0 Å². The van der Waals surface area contributed by atoms with Crippen LogP contribution in [-0.4, -0.2) is 24.4 Å². The summed E-state index contributed by atoms with van der Waals surface area (Å²) in [6.45, 7) is 2.30. The van der Waals surface area contributed by atoms with E-state index < -0.39 is 0 Å². The van der Waals surface area contributed by atoms with E-state index in [2.05, 4.69) is 10.3 Å². The second-order valence-electron chi connectivity index (χ2n) is 6.32. The summed E-state index contributed by atoms with van der Waals surface area (Å²) in [4.78, 5) is 29.2. The van der Waals surface area contributed by atoms with Crippen molar-refractivity contribution in [3.8, 4) is 0 Å². The highest BCUT2D eigenvalue weighted by atomic mass is 16.2. The van der Waals surface area contributed by atoms with Crippen molar-refractivity contribution in [2.45, 2.75) is 20.0 Å². The first-order valence-corrected chi connectivity index (χ1v) is 8.39. The van der Waals surface area contributed by atoms with Crippen molar-refractivity contribution in [1.29, 1.82) is 0 Å². The first-order valence-electron chi connectivity index (χ1n) is 8.39. The molecule has 0 bridgehead atoms. The predicted molar refractivity (Wildman–Crippen MR) is 99.0 cm³/mol. The number of rotatable bonds is 4. The van der Waals surface area contributed by atoms with Gasteiger partial charge in [-0.2, -0.15) is 0 Å². The normalized spacial score (nSPS) is 11.3. The van der Waals surface area contributed by atoms with Gasteiger partial charge in [0.2, 0.25) is 5.91 Å². The van der Waals surface area contributed by atoms with Gasteiger partial charge in [0.1, 0.15) is 12.2 Å². The number of nitrogens with zero attached hydrogens (tertiary/aromatic N) is 4. The van der Waals surface area contributed by atoms with Crippen LogP contribution in [0.5, 0.6) is 0 Å². The number of aryl methyl sites for hydroxylation is 2. The number of pyridine rings is 1. The smallest absolute Gasteiger partial charge is 0.329 e. The lowest BCUT2D eigenvalue weighted by molar-refractivity contribution is -0.121. The number of amides is 1. The Balaban J connectivity index is 1.52. The molecular weight excluding hydrogens is 330 g/mol. The Hall–Kier alpha value is -3.35. The second-order valence-corrected chi connectivity index (χ2v) is 6.32. The SMILES string of the molecule is Cc1cccc2nc(CNC(=O)Cn3c(=O)n(C)c4ccccc43)cn12. The fourth-order valence-electron chi connectivity index (χ4n) is 3.19. The number of carbonyl (C=O) groups is 1. The summed E-state index contributed by atoms with van der Waals surface area (Å²) in [5, 5.41) is 2.85. The Kier molecular flexibility index (Phi) is 3.84. The molecule has 0 radical (unpaired) electrons. The average molecular weight is 349 g/mol. The van der Waals surface area contributed by atoms with Gasteiger partial charge in [-0.3, -0.25) is 13.9 Å². The molecule has 0 atom stereocenters. The molecule has 0 unspecified atom stereocenters. The number of nitrogens with one attached hydrogen (secondary N) is 1. The summed E-state index contributed by atoms with van der Waals surface area (Å²) in [6, 6.07) is 13.3. The topological polar surface area (TPSA) is 73.3 Å². The minimum absolute atomic E-state index is 0.0212. The molecule has 1 N–H and O–H groups in total. The van der Waals surface area contributed by atoms with E-state index in [0.29, 0.717) is 6.54 Å². The number of fused-ring (bicyclic) bond motifs is 2. The van der Waals surface area contributed by atoms with Crippen LogP contribution >= 0.6 is 0 Å². The zero-order valence-corrected chi connectivity index (χ0v) is 14.6. The summed E-state index contributed by atoms with van der Waals surface area (Å²) in [6.07, 6.45) is 1.91. The lowest BCUT2D eigenvalue weighted by Gasteiger charge is -2.04. The highest BCUT2D eigenvalue weighted by Crippen LogP contribution is 2.11.